The number of amides is 1. The lowest BCUT2D eigenvalue weighted by Gasteiger charge is -2.36. The fourth-order valence-electron chi connectivity index (χ4n) is 5.99. The molecule has 49 heavy (non-hydrogen) atoms. The summed E-state index contributed by atoms with van der Waals surface area (Å²) in [5.74, 6) is -0.933. The van der Waals surface area contributed by atoms with E-state index in [9.17, 15) is 26.9 Å². The van der Waals surface area contributed by atoms with E-state index in [4.69, 9.17) is 4.42 Å². The van der Waals surface area contributed by atoms with Crippen molar-refractivity contribution in [1.82, 2.24) is 23.0 Å². The molecule has 1 aliphatic heterocycles. The number of anilines is 1. The molecule has 13 nitrogen and oxygen atoms in total. The third-order valence-corrected chi connectivity index (χ3v) is 11.0. The van der Waals surface area contributed by atoms with Gasteiger partial charge in [0.2, 0.25) is 0 Å². The van der Waals surface area contributed by atoms with Gasteiger partial charge in [-0.1, -0.05) is 0 Å². The topological polar surface area (TPSA) is 170 Å². The molecule has 3 heterocycles. The summed E-state index contributed by atoms with van der Waals surface area (Å²) in [6, 6.07) is 14.5. The number of furan rings is 1. The number of aryl methyl sites for hydroxylation is 1. The normalized spacial score (nSPS) is 15.2. The SMILES string of the molecule is CC(C)(C)NS(=O)(=O)NC(=O)c1cc2cc(N3CCN(CCCCc4cn(S(=O)(=O)NC(C)(C)C)c5ccc(C#N)cc45)CC3)ccc2o1. The van der Waals surface area contributed by atoms with Crippen LogP contribution in [0.2, 0.25) is 0 Å². The van der Waals surface area contributed by atoms with Gasteiger partial charge >= 0.3 is 26.3 Å². The van der Waals surface area contributed by atoms with E-state index < -0.39 is 37.4 Å². The molecule has 2 aromatic carbocycles. The molecule has 0 unspecified atom stereocenters. The monoisotopic (exact) mass is 711 g/mol. The molecule has 0 saturated carbocycles. The summed E-state index contributed by atoms with van der Waals surface area (Å²) in [6.07, 6.45) is 4.16. The van der Waals surface area contributed by atoms with Gasteiger partial charge in [0.05, 0.1) is 17.1 Å². The zero-order valence-electron chi connectivity index (χ0n) is 28.8. The van der Waals surface area contributed by atoms with Gasteiger partial charge < -0.3 is 9.32 Å². The summed E-state index contributed by atoms with van der Waals surface area (Å²) in [5.41, 5.74) is 2.03. The van der Waals surface area contributed by atoms with Crippen LogP contribution in [0.1, 0.15) is 76.1 Å². The van der Waals surface area contributed by atoms with Crippen LogP contribution in [0.25, 0.3) is 21.9 Å². The van der Waals surface area contributed by atoms with Crippen molar-refractivity contribution in [1.29, 1.82) is 5.26 Å². The molecule has 1 saturated heterocycles. The smallest absolute Gasteiger partial charge is 0.305 e. The van der Waals surface area contributed by atoms with Crippen molar-refractivity contribution < 1.29 is 26.0 Å². The molecule has 4 aromatic rings. The number of carbonyl (C=O) groups is 1. The number of rotatable bonds is 11. The molecule has 1 aliphatic rings. The Hall–Kier alpha value is -3.94. The van der Waals surface area contributed by atoms with Crippen LogP contribution in [0.15, 0.2) is 53.1 Å². The lowest BCUT2D eigenvalue weighted by molar-refractivity contribution is 0.0956. The van der Waals surface area contributed by atoms with E-state index in [0.717, 1.165) is 62.2 Å². The van der Waals surface area contributed by atoms with Crippen molar-refractivity contribution in [2.24, 2.45) is 0 Å². The Morgan fingerprint density at radius 2 is 1.59 bits per heavy atom. The van der Waals surface area contributed by atoms with Crippen LogP contribution in [-0.2, 0) is 26.8 Å². The van der Waals surface area contributed by atoms with Crippen molar-refractivity contribution >= 4 is 53.9 Å². The van der Waals surface area contributed by atoms with E-state index in [1.165, 1.54) is 3.97 Å². The van der Waals surface area contributed by atoms with Crippen LogP contribution >= 0.6 is 0 Å². The molecule has 0 radical (unpaired) electrons. The standard InChI is InChI=1S/C34H45N7O6S2/c1-33(2,3)37-48(43,44)36-32(42)31-21-26-20-27(11-13-30(26)47-31)40-17-15-39(16-18-40)14-8-7-9-25-23-41(49(45,46)38-34(4,5)6)29-12-10-24(22-35)19-28(25)29/h10-13,19-21,23,37-38H,7-9,14-18H2,1-6H3,(H,36,42). The molecule has 1 amide bonds. The molecule has 2 aromatic heterocycles. The Balaban J connectivity index is 1.16. The lowest BCUT2D eigenvalue weighted by atomic mass is 10.1. The van der Waals surface area contributed by atoms with E-state index in [0.29, 0.717) is 28.5 Å². The summed E-state index contributed by atoms with van der Waals surface area (Å²) in [5, 5.41) is 10.9. The zero-order valence-corrected chi connectivity index (χ0v) is 30.5. The molecule has 3 N–H and O–H groups in total. The first kappa shape index (κ1) is 36.3. The Kier molecular flexibility index (Phi) is 10.2. The van der Waals surface area contributed by atoms with Crippen molar-refractivity contribution in [2.45, 2.75) is 71.9 Å². The van der Waals surface area contributed by atoms with Gasteiger partial charge in [-0.2, -0.15) is 31.5 Å². The number of fused-ring (bicyclic) bond motifs is 2. The number of nitriles is 1. The van der Waals surface area contributed by atoms with E-state index in [1.54, 1.807) is 78.1 Å². The summed E-state index contributed by atoms with van der Waals surface area (Å²) in [7, 11) is -7.88. The first-order valence-electron chi connectivity index (χ1n) is 16.3. The third-order valence-electron chi connectivity index (χ3n) is 7.98. The number of hydrogen-bond donors (Lipinski definition) is 3. The number of hydrogen-bond acceptors (Lipinski definition) is 9. The molecule has 0 atom stereocenters. The quantitative estimate of drug-likeness (QED) is 0.193. The van der Waals surface area contributed by atoms with Crippen LogP contribution in [0.4, 0.5) is 5.69 Å². The van der Waals surface area contributed by atoms with Gasteiger partial charge in [0, 0.05) is 59.9 Å². The lowest BCUT2D eigenvalue weighted by Crippen LogP contribution is -2.48. The fraction of sp³-hybridized carbons (Fsp3) is 0.471. The highest BCUT2D eigenvalue weighted by Gasteiger charge is 2.26. The predicted molar refractivity (Wildman–Crippen MR) is 191 cm³/mol. The summed E-state index contributed by atoms with van der Waals surface area (Å²) >= 11 is 0. The second kappa shape index (κ2) is 13.8. The Bertz CT molecular complexity index is 2110. The third kappa shape index (κ3) is 9.20. The van der Waals surface area contributed by atoms with Crippen molar-refractivity contribution in [3.63, 3.8) is 0 Å². The number of piperazine rings is 1. The molecule has 5 rings (SSSR count). The van der Waals surface area contributed by atoms with Gasteiger partial charge in [-0.3, -0.25) is 9.69 Å². The minimum absolute atomic E-state index is 0.0884. The van der Waals surface area contributed by atoms with Gasteiger partial charge in [0.1, 0.15) is 5.58 Å². The molecular formula is C34H45N7O6S2. The Morgan fingerprint density at radius 3 is 2.24 bits per heavy atom. The zero-order chi connectivity index (χ0) is 35.8. The molecule has 15 heteroatoms. The highest BCUT2D eigenvalue weighted by molar-refractivity contribution is 7.88. The molecule has 0 spiro atoms. The van der Waals surface area contributed by atoms with Crippen LogP contribution in [0.3, 0.4) is 0 Å². The number of aromatic nitrogens is 1. The van der Waals surface area contributed by atoms with Crippen LogP contribution < -0.4 is 19.1 Å². The summed E-state index contributed by atoms with van der Waals surface area (Å²) in [4.78, 5) is 17.3. The van der Waals surface area contributed by atoms with Crippen molar-refractivity contribution in [3.8, 4) is 6.07 Å². The summed E-state index contributed by atoms with van der Waals surface area (Å²) < 4.78 is 65.0. The van der Waals surface area contributed by atoms with E-state index in [2.05, 4.69) is 25.3 Å². The maximum atomic E-state index is 13.2. The van der Waals surface area contributed by atoms with Gasteiger partial charge in [0.15, 0.2) is 5.76 Å². The number of nitrogens with one attached hydrogen (secondary N) is 3. The average molecular weight is 712 g/mol. The first-order chi connectivity index (χ1) is 22.8. The first-order valence-corrected chi connectivity index (χ1v) is 19.2. The highest BCUT2D eigenvalue weighted by atomic mass is 32.2. The Morgan fingerprint density at radius 1 is 0.898 bits per heavy atom. The molecule has 264 valence electrons. The minimum Gasteiger partial charge on any atom is -0.451 e. The second-order valence-corrected chi connectivity index (χ2v) is 17.5. The second-order valence-electron chi connectivity index (χ2n) is 14.6. The molecular weight excluding hydrogens is 667 g/mol. The van der Waals surface area contributed by atoms with Crippen LogP contribution in [0.5, 0.6) is 0 Å². The van der Waals surface area contributed by atoms with E-state index in [-0.39, 0.29) is 5.76 Å². The van der Waals surface area contributed by atoms with Crippen molar-refractivity contribution in [2.75, 3.05) is 37.6 Å². The molecule has 1 fully saturated rings. The van der Waals surface area contributed by atoms with Crippen molar-refractivity contribution in [3.05, 3.63) is 65.5 Å². The predicted octanol–water partition coefficient (Wildman–Crippen LogP) is 4.25. The maximum Gasteiger partial charge on any atom is 0.305 e. The Labute approximate surface area is 288 Å². The van der Waals surface area contributed by atoms with Gasteiger partial charge in [0.25, 0.3) is 0 Å². The van der Waals surface area contributed by atoms with E-state index in [1.807, 2.05) is 16.9 Å². The number of unbranched alkanes of at least 4 members (excludes halogenated alkanes) is 1. The fourth-order valence-corrected chi connectivity index (χ4v) is 8.75. The van der Waals surface area contributed by atoms with Gasteiger partial charge in [-0.05, 0) is 115 Å². The molecule has 0 bridgehead atoms. The van der Waals surface area contributed by atoms with Crippen LogP contribution in [-0.4, -0.2) is 75.4 Å². The van der Waals surface area contributed by atoms with Crippen LogP contribution in [0, 0.1) is 11.3 Å². The largest absolute Gasteiger partial charge is 0.451 e. The van der Waals surface area contributed by atoms with Gasteiger partial charge in [-0.25, -0.2) is 8.69 Å². The van der Waals surface area contributed by atoms with Gasteiger partial charge in [-0.15, -0.1) is 0 Å². The maximum absolute atomic E-state index is 13.2. The molecule has 0 aliphatic carbocycles. The highest BCUT2D eigenvalue weighted by Crippen LogP contribution is 2.28. The number of nitrogens with zero attached hydrogens (tertiary/aromatic N) is 4. The number of carbonyl (C=O) groups excluding carboxylic acids is 1. The number of benzene rings is 2. The minimum atomic E-state index is -4.06. The average Bonchev–Trinajstić information content (AvgIpc) is 3.58. The summed E-state index contributed by atoms with van der Waals surface area (Å²) in [6.45, 7) is 14.7. The van der Waals surface area contributed by atoms with E-state index >= 15 is 0 Å².